The third-order valence-electron chi connectivity index (χ3n) is 2.34. The molecule has 0 saturated carbocycles. The fourth-order valence-corrected chi connectivity index (χ4v) is 3.67. The van der Waals surface area contributed by atoms with Crippen LogP contribution in [0, 0.1) is 0 Å². The van der Waals surface area contributed by atoms with E-state index in [0.717, 1.165) is 8.26 Å². The Balaban J connectivity index is 2.33. The number of thiophene rings is 1. The van der Waals surface area contributed by atoms with Crippen molar-refractivity contribution in [3.63, 3.8) is 0 Å². The second kappa shape index (κ2) is 6.26. The zero-order valence-corrected chi connectivity index (χ0v) is 14.4. The van der Waals surface area contributed by atoms with Gasteiger partial charge in [0, 0.05) is 4.47 Å². The Hall–Kier alpha value is -0.890. The standard InChI is InChI=1S/C12H6Br2ClNO3S/c13-5-4-8(20-10(5)14)11(17)16-7-3-1-2-6(15)9(7)12(18)19/h1-4H,(H,16,17)(H,18,19). The molecule has 0 saturated heterocycles. The number of hydrogen-bond donors (Lipinski definition) is 2. The minimum atomic E-state index is -1.19. The Morgan fingerprint density at radius 2 is 2.00 bits per heavy atom. The number of rotatable bonds is 3. The number of carbonyl (C=O) groups excluding carboxylic acids is 1. The van der Waals surface area contributed by atoms with Crippen LogP contribution in [0.5, 0.6) is 0 Å². The van der Waals surface area contributed by atoms with E-state index >= 15 is 0 Å². The Morgan fingerprint density at radius 1 is 1.30 bits per heavy atom. The van der Waals surface area contributed by atoms with Gasteiger partial charge in [-0.05, 0) is 50.1 Å². The van der Waals surface area contributed by atoms with Crippen molar-refractivity contribution in [3.8, 4) is 0 Å². The maximum Gasteiger partial charge on any atom is 0.339 e. The van der Waals surface area contributed by atoms with Gasteiger partial charge >= 0.3 is 5.97 Å². The molecule has 8 heteroatoms. The molecule has 0 spiro atoms. The zero-order valence-electron chi connectivity index (χ0n) is 9.62. The van der Waals surface area contributed by atoms with E-state index in [-0.39, 0.29) is 16.3 Å². The molecule has 2 aromatic rings. The molecule has 0 aliphatic heterocycles. The van der Waals surface area contributed by atoms with Crippen LogP contribution < -0.4 is 5.32 Å². The van der Waals surface area contributed by atoms with Gasteiger partial charge in [0.2, 0.25) is 0 Å². The lowest BCUT2D eigenvalue weighted by molar-refractivity contribution is 0.0698. The molecule has 0 aliphatic carbocycles. The fraction of sp³-hybridized carbons (Fsp3) is 0. The van der Waals surface area contributed by atoms with Crippen LogP contribution in [-0.2, 0) is 0 Å². The number of aromatic carboxylic acids is 1. The van der Waals surface area contributed by atoms with Crippen molar-refractivity contribution in [1.82, 2.24) is 0 Å². The van der Waals surface area contributed by atoms with Crippen molar-refractivity contribution in [3.05, 3.63) is 48.0 Å². The van der Waals surface area contributed by atoms with Gasteiger partial charge in [0.1, 0.15) is 5.56 Å². The van der Waals surface area contributed by atoms with E-state index in [1.165, 1.54) is 23.5 Å². The van der Waals surface area contributed by atoms with E-state index in [4.69, 9.17) is 16.7 Å². The van der Waals surface area contributed by atoms with E-state index in [1.54, 1.807) is 12.1 Å². The van der Waals surface area contributed by atoms with Crippen LogP contribution in [0.25, 0.3) is 0 Å². The second-order valence-electron chi connectivity index (χ2n) is 3.65. The predicted molar refractivity (Wildman–Crippen MR) is 86.1 cm³/mol. The van der Waals surface area contributed by atoms with Crippen LogP contribution in [0.4, 0.5) is 5.69 Å². The van der Waals surface area contributed by atoms with Gasteiger partial charge in [-0.2, -0.15) is 0 Å². The number of amides is 1. The zero-order chi connectivity index (χ0) is 14.9. The third kappa shape index (κ3) is 3.22. The highest BCUT2D eigenvalue weighted by molar-refractivity contribution is 9.13. The number of carbonyl (C=O) groups is 2. The second-order valence-corrected chi connectivity index (χ2v) is 7.29. The van der Waals surface area contributed by atoms with Crippen LogP contribution in [0.3, 0.4) is 0 Å². The Morgan fingerprint density at radius 3 is 2.55 bits per heavy atom. The summed E-state index contributed by atoms with van der Waals surface area (Å²) in [4.78, 5) is 23.7. The van der Waals surface area contributed by atoms with Crippen molar-refractivity contribution in [2.24, 2.45) is 0 Å². The Kier molecular flexibility index (Phi) is 4.85. The molecule has 104 valence electrons. The molecule has 4 nitrogen and oxygen atoms in total. The molecule has 2 N–H and O–H groups in total. The van der Waals surface area contributed by atoms with Crippen LogP contribution in [-0.4, -0.2) is 17.0 Å². The lowest BCUT2D eigenvalue weighted by Gasteiger charge is -2.08. The smallest absolute Gasteiger partial charge is 0.339 e. The van der Waals surface area contributed by atoms with Gasteiger partial charge in [-0.15, -0.1) is 11.3 Å². The molecule has 0 bridgehead atoms. The molecule has 0 aliphatic rings. The molecule has 1 aromatic carbocycles. The first-order chi connectivity index (χ1) is 9.40. The van der Waals surface area contributed by atoms with Crippen molar-refractivity contribution >= 4 is 72.4 Å². The molecule has 0 atom stereocenters. The molecule has 1 aromatic heterocycles. The van der Waals surface area contributed by atoms with E-state index in [9.17, 15) is 9.59 Å². The number of nitrogens with one attached hydrogen (secondary N) is 1. The lowest BCUT2D eigenvalue weighted by Crippen LogP contribution is -2.13. The van der Waals surface area contributed by atoms with Crippen molar-refractivity contribution in [2.75, 3.05) is 5.32 Å². The first-order valence-electron chi connectivity index (χ1n) is 5.18. The Bertz CT molecular complexity index is 683. The predicted octanol–water partition coefficient (Wildman–Crippen LogP) is 4.88. The van der Waals surface area contributed by atoms with Crippen LogP contribution in [0.1, 0.15) is 20.0 Å². The highest BCUT2D eigenvalue weighted by Crippen LogP contribution is 2.33. The van der Waals surface area contributed by atoms with E-state index in [0.29, 0.717) is 4.88 Å². The highest BCUT2D eigenvalue weighted by Gasteiger charge is 2.18. The minimum absolute atomic E-state index is 0.0730. The molecule has 0 fully saturated rings. The van der Waals surface area contributed by atoms with Gasteiger partial charge in [0.05, 0.1) is 19.4 Å². The maximum atomic E-state index is 12.1. The molecule has 0 unspecified atom stereocenters. The largest absolute Gasteiger partial charge is 0.478 e. The summed E-state index contributed by atoms with van der Waals surface area (Å²) in [6.07, 6.45) is 0. The van der Waals surface area contributed by atoms with Gasteiger partial charge in [0.25, 0.3) is 5.91 Å². The average Bonchev–Trinajstić information content (AvgIpc) is 2.69. The van der Waals surface area contributed by atoms with Crippen molar-refractivity contribution < 1.29 is 14.7 Å². The SMILES string of the molecule is O=C(Nc1cccc(Cl)c1C(=O)O)c1cc(Br)c(Br)s1. The fourth-order valence-electron chi connectivity index (χ4n) is 1.49. The van der Waals surface area contributed by atoms with Gasteiger partial charge in [-0.3, -0.25) is 4.79 Å². The van der Waals surface area contributed by atoms with E-state index < -0.39 is 11.9 Å². The van der Waals surface area contributed by atoms with E-state index in [2.05, 4.69) is 37.2 Å². The first-order valence-corrected chi connectivity index (χ1v) is 7.96. The monoisotopic (exact) mass is 437 g/mol. The third-order valence-corrected chi connectivity index (χ3v) is 5.91. The van der Waals surface area contributed by atoms with Crippen molar-refractivity contribution in [1.29, 1.82) is 0 Å². The molecule has 1 amide bonds. The normalized spacial score (nSPS) is 10.3. The summed E-state index contributed by atoms with van der Waals surface area (Å²) < 4.78 is 1.55. The summed E-state index contributed by atoms with van der Waals surface area (Å²) in [6, 6.07) is 6.17. The number of anilines is 1. The van der Waals surface area contributed by atoms with Crippen LogP contribution in [0.15, 0.2) is 32.5 Å². The van der Waals surface area contributed by atoms with Gasteiger partial charge in [-0.25, -0.2) is 4.79 Å². The quantitative estimate of drug-likeness (QED) is 0.717. The maximum absolute atomic E-state index is 12.1. The molecule has 2 rings (SSSR count). The summed E-state index contributed by atoms with van der Waals surface area (Å²) in [5, 5.41) is 11.8. The summed E-state index contributed by atoms with van der Waals surface area (Å²) in [7, 11) is 0. The number of halogens is 3. The first kappa shape index (κ1) is 15.5. The number of carboxylic acid groups (broad SMARTS) is 1. The minimum Gasteiger partial charge on any atom is -0.478 e. The van der Waals surface area contributed by atoms with Gasteiger partial charge < -0.3 is 10.4 Å². The van der Waals surface area contributed by atoms with Crippen molar-refractivity contribution in [2.45, 2.75) is 0 Å². The average molecular weight is 440 g/mol. The molecule has 1 heterocycles. The molecule has 0 radical (unpaired) electrons. The summed E-state index contributed by atoms with van der Waals surface area (Å²) in [6.45, 7) is 0. The summed E-state index contributed by atoms with van der Waals surface area (Å²) in [5.41, 5.74) is 0.0350. The topological polar surface area (TPSA) is 66.4 Å². The molecular weight excluding hydrogens is 433 g/mol. The number of carboxylic acids is 1. The summed E-state index contributed by atoms with van der Waals surface area (Å²) >= 11 is 13.7. The number of benzene rings is 1. The summed E-state index contributed by atoms with van der Waals surface area (Å²) in [5.74, 6) is -1.59. The lowest BCUT2D eigenvalue weighted by atomic mass is 10.1. The van der Waals surface area contributed by atoms with Gasteiger partial charge in [-0.1, -0.05) is 17.7 Å². The molecular formula is C12H6Br2ClNO3S. The molecule has 20 heavy (non-hydrogen) atoms. The van der Waals surface area contributed by atoms with Crippen LogP contribution >= 0.6 is 54.8 Å². The van der Waals surface area contributed by atoms with E-state index in [1.807, 2.05) is 0 Å². The number of hydrogen-bond acceptors (Lipinski definition) is 3. The van der Waals surface area contributed by atoms with Crippen LogP contribution in [0.2, 0.25) is 5.02 Å². The Labute approximate surface area is 140 Å². The highest BCUT2D eigenvalue weighted by atomic mass is 79.9. The van der Waals surface area contributed by atoms with Gasteiger partial charge in [0.15, 0.2) is 0 Å².